The number of esters is 1. The quantitative estimate of drug-likeness (QED) is 0.305. The van der Waals surface area contributed by atoms with Gasteiger partial charge >= 0.3 is 11.7 Å². The number of ether oxygens (including phenoxy) is 1. The molecule has 5 heteroatoms. The highest BCUT2D eigenvalue weighted by molar-refractivity contribution is 7.86. The summed E-state index contributed by atoms with van der Waals surface area (Å²) in [6.45, 7) is 5.32. The molecule has 0 unspecified atom stereocenters. The maximum absolute atomic E-state index is 12.7. The van der Waals surface area contributed by atoms with E-state index in [4.69, 9.17) is 4.74 Å². The number of ketones is 1. The Morgan fingerprint density at radius 3 is 2.04 bits per heavy atom. The first-order valence-corrected chi connectivity index (χ1v) is 7.97. The molecule has 1 heterocycles. The molecule has 0 saturated heterocycles. The van der Waals surface area contributed by atoms with Crippen LogP contribution in [0.5, 0.6) is 0 Å². The van der Waals surface area contributed by atoms with E-state index in [2.05, 4.69) is 12.6 Å². The normalized spacial score (nSPS) is 12.3. The average molecular weight is 342 g/mol. The SMILES string of the molecule is CC(C)(C)OC(=O)/C(=C(/S)C(=O)c1ccccc1)[n+]1ccccc1. The summed E-state index contributed by atoms with van der Waals surface area (Å²) in [6, 6.07) is 14.0. The molecule has 0 saturated carbocycles. The lowest BCUT2D eigenvalue weighted by molar-refractivity contribution is -0.578. The monoisotopic (exact) mass is 342 g/mol. The zero-order valence-corrected chi connectivity index (χ0v) is 14.8. The number of rotatable bonds is 4. The standard InChI is InChI=1S/C19H19NO3S/c1-19(2,3)23-18(22)15(20-12-8-5-9-13-20)17(24)16(21)14-10-6-4-7-11-14/h4-13H,1-3H3/p+1. The van der Waals surface area contributed by atoms with Crippen molar-refractivity contribution in [3.05, 3.63) is 71.4 Å². The first-order chi connectivity index (χ1) is 11.3. The zero-order valence-electron chi connectivity index (χ0n) is 13.9. The maximum atomic E-state index is 12.7. The third kappa shape index (κ3) is 4.55. The molecule has 0 fully saturated rings. The van der Waals surface area contributed by atoms with Crippen molar-refractivity contribution in [2.75, 3.05) is 0 Å². The van der Waals surface area contributed by atoms with Crippen molar-refractivity contribution in [1.29, 1.82) is 0 Å². The summed E-state index contributed by atoms with van der Waals surface area (Å²) in [7, 11) is 0. The van der Waals surface area contributed by atoms with E-state index in [1.165, 1.54) is 4.57 Å². The van der Waals surface area contributed by atoms with Crippen LogP contribution in [0, 0.1) is 0 Å². The molecule has 0 aliphatic rings. The molecular formula is C19H20NO3S+. The summed E-state index contributed by atoms with van der Waals surface area (Å²) in [4.78, 5) is 25.3. The summed E-state index contributed by atoms with van der Waals surface area (Å²) in [6.07, 6.45) is 3.35. The minimum absolute atomic E-state index is 0.0339. The summed E-state index contributed by atoms with van der Waals surface area (Å²) in [5.74, 6) is -0.941. The van der Waals surface area contributed by atoms with E-state index < -0.39 is 11.6 Å². The van der Waals surface area contributed by atoms with Gasteiger partial charge in [0.25, 0.3) is 0 Å². The van der Waals surface area contributed by atoms with Gasteiger partial charge in [-0.25, -0.2) is 4.79 Å². The van der Waals surface area contributed by atoms with Crippen molar-refractivity contribution in [2.24, 2.45) is 0 Å². The number of carbonyl (C=O) groups is 2. The number of thiol groups is 1. The van der Waals surface area contributed by atoms with Gasteiger partial charge in [0.2, 0.25) is 5.78 Å². The lowest BCUT2D eigenvalue weighted by Crippen LogP contribution is -2.40. The average Bonchev–Trinajstić information content (AvgIpc) is 2.54. The van der Waals surface area contributed by atoms with Gasteiger partial charge in [0, 0.05) is 17.7 Å². The molecule has 1 aromatic carbocycles. The molecular weight excluding hydrogens is 322 g/mol. The molecule has 4 nitrogen and oxygen atoms in total. The number of aromatic nitrogens is 1. The van der Waals surface area contributed by atoms with Crippen LogP contribution in [0.3, 0.4) is 0 Å². The largest absolute Gasteiger partial charge is 0.452 e. The predicted molar refractivity (Wildman–Crippen MR) is 95.5 cm³/mol. The van der Waals surface area contributed by atoms with Crippen LogP contribution >= 0.6 is 12.6 Å². The fraction of sp³-hybridized carbons (Fsp3) is 0.211. The van der Waals surface area contributed by atoms with Crippen LogP contribution in [0.25, 0.3) is 5.70 Å². The number of nitrogens with zero attached hydrogens (tertiary/aromatic N) is 1. The third-order valence-electron chi connectivity index (χ3n) is 3.04. The first-order valence-electron chi connectivity index (χ1n) is 7.52. The zero-order chi connectivity index (χ0) is 17.7. The van der Waals surface area contributed by atoms with Crippen molar-refractivity contribution >= 4 is 30.1 Å². The van der Waals surface area contributed by atoms with Crippen molar-refractivity contribution in [3.63, 3.8) is 0 Å². The highest BCUT2D eigenvalue weighted by Gasteiger charge is 2.32. The van der Waals surface area contributed by atoms with Crippen LogP contribution in [-0.4, -0.2) is 17.4 Å². The van der Waals surface area contributed by atoms with Gasteiger partial charge in [-0.15, -0.1) is 12.6 Å². The Hall–Kier alpha value is -2.40. The minimum atomic E-state index is -0.679. The summed E-state index contributed by atoms with van der Waals surface area (Å²) in [5.41, 5.74) is -0.135. The van der Waals surface area contributed by atoms with Gasteiger partial charge in [-0.3, -0.25) is 4.79 Å². The number of benzene rings is 1. The van der Waals surface area contributed by atoms with Crippen LogP contribution < -0.4 is 4.57 Å². The number of hydrogen-bond acceptors (Lipinski definition) is 4. The molecule has 0 amide bonds. The van der Waals surface area contributed by atoms with Gasteiger partial charge in [0.1, 0.15) is 10.5 Å². The van der Waals surface area contributed by atoms with Crippen LogP contribution in [0.2, 0.25) is 0 Å². The summed E-state index contributed by atoms with van der Waals surface area (Å²) in [5, 5.41) is 0. The molecule has 0 aliphatic heterocycles. The second kappa shape index (κ2) is 7.45. The molecule has 2 aromatic rings. The highest BCUT2D eigenvalue weighted by Crippen LogP contribution is 2.19. The molecule has 0 N–H and O–H groups in total. The lowest BCUT2D eigenvalue weighted by Gasteiger charge is -2.19. The number of pyridine rings is 1. The molecule has 1 aromatic heterocycles. The molecule has 0 spiro atoms. The van der Waals surface area contributed by atoms with E-state index in [1.54, 1.807) is 69.6 Å². The first kappa shape index (κ1) is 17.9. The molecule has 0 radical (unpaired) electrons. The van der Waals surface area contributed by atoms with Crippen LogP contribution in [0.15, 0.2) is 65.8 Å². The Kier molecular flexibility index (Phi) is 5.57. The van der Waals surface area contributed by atoms with E-state index in [-0.39, 0.29) is 16.4 Å². The lowest BCUT2D eigenvalue weighted by atomic mass is 10.1. The van der Waals surface area contributed by atoms with Crippen molar-refractivity contribution in [1.82, 2.24) is 0 Å². The van der Waals surface area contributed by atoms with Crippen molar-refractivity contribution < 1.29 is 18.9 Å². The van der Waals surface area contributed by atoms with Gasteiger partial charge in [-0.2, -0.15) is 4.57 Å². The topological polar surface area (TPSA) is 47.3 Å². The van der Waals surface area contributed by atoms with Gasteiger partial charge in [0.05, 0.1) is 0 Å². The summed E-state index contributed by atoms with van der Waals surface area (Å²) < 4.78 is 6.98. The van der Waals surface area contributed by atoms with E-state index >= 15 is 0 Å². The Balaban J connectivity index is 2.52. The summed E-state index contributed by atoms with van der Waals surface area (Å²) >= 11 is 4.34. The maximum Gasteiger partial charge on any atom is 0.406 e. The number of allylic oxidation sites excluding steroid dienone is 1. The van der Waals surface area contributed by atoms with Crippen LogP contribution in [0.4, 0.5) is 0 Å². The molecule has 2 rings (SSSR count). The fourth-order valence-corrected chi connectivity index (χ4v) is 2.37. The Labute approximate surface area is 147 Å². The smallest absolute Gasteiger partial charge is 0.406 e. The van der Waals surface area contributed by atoms with Gasteiger partial charge in [0.15, 0.2) is 12.4 Å². The number of hydrogen-bond donors (Lipinski definition) is 1. The Morgan fingerprint density at radius 1 is 0.958 bits per heavy atom. The Bertz CT molecular complexity index is 762. The molecule has 0 bridgehead atoms. The fourth-order valence-electron chi connectivity index (χ4n) is 2.03. The van der Waals surface area contributed by atoms with Crippen molar-refractivity contribution in [3.8, 4) is 0 Å². The van der Waals surface area contributed by atoms with E-state index in [0.717, 1.165) is 0 Å². The van der Waals surface area contributed by atoms with E-state index in [0.29, 0.717) is 5.56 Å². The number of carbonyl (C=O) groups excluding carboxylic acids is 2. The third-order valence-corrected chi connectivity index (χ3v) is 3.46. The second-order valence-corrected chi connectivity index (χ2v) is 6.62. The van der Waals surface area contributed by atoms with Crippen molar-refractivity contribution in [2.45, 2.75) is 26.4 Å². The van der Waals surface area contributed by atoms with Gasteiger partial charge in [-0.1, -0.05) is 36.4 Å². The van der Waals surface area contributed by atoms with Crippen LogP contribution in [0.1, 0.15) is 31.1 Å². The molecule has 0 aliphatic carbocycles. The second-order valence-electron chi connectivity index (χ2n) is 6.18. The molecule has 24 heavy (non-hydrogen) atoms. The van der Waals surface area contributed by atoms with Gasteiger partial charge < -0.3 is 4.74 Å². The molecule has 124 valence electrons. The van der Waals surface area contributed by atoms with Gasteiger partial charge in [-0.05, 0) is 20.8 Å². The van der Waals surface area contributed by atoms with E-state index in [1.807, 2.05) is 12.1 Å². The minimum Gasteiger partial charge on any atom is -0.452 e. The van der Waals surface area contributed by atoms with E-state index in [9.17, 15) is 9.59 Å². The predicted octanol–water partition coefficient (Wildman–Crippen LogP) is 3.30. The van der Waals surface area contributed by atoms with Crippen LogP contribution in [-0.2, 0) is 9.53 Å². The number of Topliss-reactive ketones (excluding diaryl/α,β-unsaturated/α-hetero) is 1. The Morgan fingerprint density at radius 2 is 1.50 bits per heavy atom. The molecule has 0 atom stereocenters. The highest BCUT2D eigenvalue weighted by atomic mass is 32.1.